The van der Waals surface area contributed by atoms with E-state index in [9.17, 15) is 0 Å². The Kier molecular flexibility index (Phi) is 3.58. The van der Waals surface area contributed by atoms with Gasteiger partial charge >= 0.3 is 0 Å². The van der Waals surface area contributed by atoms with Crippen molar-refractivity contribution < 1.29 is 0 Å². The average Bonchev–Trinajstić information content (AvgIpc) is 2.79. The number of aliphatic imine (C=N–C) groups is 1. The first-order valence-corrected chi connectivity index (χ1v) is 8.02. The zero-order valence-electron chi connectivity index (χ0n) is 13.7. The second-order valence-electron chi connectivity index (χ2n) is 5.84. The molecule has 1 aliphatic rings. The van der Waals surface area contributed by atoms with Crippen LogP contribution in [-0.2, 0) is 6.54 Å². The van der Waals surface area contributed by atoms with Crippen LogP contribution in [0.25, 0.3) is 11.3 Å². The maximum atomic E-state index is 4.91. The molecule has 2 heterocycles. The van der Waals surface area contributed by atoms with E-state index in [2.05, 4.69) is 64.7 Å². The molecular weight excluding hydrogens is 296 g/mol. The molecule has 118 valence electrons. The Morgan fingerprint density at radius 1 is 0.917 bits per heavy atom. The summed E-state index contributed by atoms with van der Waals surface area (Å²) in [5.74, 6) is 0.628. The van der Waals surface area contributed by atoms with E-state index in [1.807, 2.05) is 19.3 Å². The van der Waals surface area contributed by atoms with E-state index in [1.54, 1.807) is 0 Å². The number of fused-ring (bicyclic) bond motifs is 3. The molecule has 1 aliphatic heterocycles. The van der Waals surface area contributed by atoms with E-state index < -0.39 is 0 Å². The Hall–Kier alpha value is -3.01. The smallest absolute Gasteiger partial charge is 0.222 e. The quantitative estimate of drug-likeness (QED) is 0.782. The molecule has 0 saturated carbocycles. The predicted molar refractivity (Wildman–Crippen MR) is 97.5 cm³/mol. The summed E-state index contributed by atoms with van der Waals surface area (Å²) in [5, 5.41) is 3.02. The first-order chi connectivity index (χ1) is 11.8. The standard InChI is InChI=1S/C20H18N4/c1-13-7-3-4-8-15(13)19-17-10-6-5-9-16(17)18-14(11-22-19)12-23-20(21-2)24-18/h3-10,12H,11H2,1-2H3,(H,21,23,24). The van der Waals surface area contributed by atoms with Gasteiger partial charge in [-0.05, 0) is 12.5 Å². The Bertz CT molecular complexity index is 944. The molecule has 4 nitrogen and oxygen atoms in total. The van der Waals surface area contributed by atoms with Crippen molar-refractivity contribution in [2.75, 3.05) is 12.4 Å². The molecule has 24 heavy (non-hydrogen) atoms. The Morgan fingerprint density at radius 2 is 1.62 bits per heavy atom. The lowest BCUT2D eigenvalue weighted by atomic mass is 9.93. The largest absolute Gasteiger partial charge is 0.357 e. The van der Waals surface area contributed by atoms with Crippen molar-refractivity contribution in [3.05, 3.63) is 77.0 Å². The summed E-state index contributed by atoms with van der Waals surface area (Å²) in [6.45, 7) is 2.70. The molecule has 0 bridgehead atoms. The first kappa shape index (κ1) is 14.6. The van der Waals surface area contributed by atoms with E-state index in [1.165, 1.54) is 11.1 Å². The van der Waals surface area contributed by atoms with Gasteiger partial charge in [0.05, 0.1) is 18.0 Å². The molecule has 0 spiro atoms. The molecule has 0 unspecified atom stereocenters. The molecule has 0 atom stereocenters. The number of nitrogens with one attached hydrogen (secondary N) is 1. The topological polar surface area (TPSA) is 50.2 Å². The van der Waals surface area contributed by atoms with Crippen molar-refractivity contribution >= 4 is 11.7 Å². The number of anilines is 1. The monoisotopic (exact) mass is 314 g/mol. The number of rotatable bonds is 2. The molecule has 4 rings (SSSR count). The van der Waals surface area contributed by atoms with E-state index in [0.29, 0.717) is 12.5 Å². The van der Waals surface area contributed by atoms with Gasteiger partial charge in [-0.25, -0.2) is 9.97 Å². The van der Waals surface area contributed by atoms with Gasteiger partial charge in [0.2, 0.25) is 5.95 Å². The minimum atomic E-state index is 0.581. The van der Waals surface area contributed by atoms with Gasteiger partial charge in [0, 0.05) is 35.5 Å². The zero-order chi connectivity index (χ0) is 16.5. The first-order valence-electron chi connectivity index (χ1n) is 8.02. The van der Waals surface area contributed by atoms with Crippen LogP contribution in [0, 0.1) is 6.92 Å². The van der Waals surface area contributed by atoms with Crippen molar-refractivity contribution in [1.82, 2.24) is 9.97 Å². The molecule has 3 aromatic rings. The predicted octanol–water partition coefficient (Wildman–Crippen LogP) is 3.84. The van der Waals surface area contributed by atoms with E-state index in [4.69, 9.17) is 4.99 Å². The van der Waals surface area contributed by atoms with Crippen LogP contribution < -0.4 is 5.32 Å². The van der Waals surface area contributed by atoms with Crippen LogP contribution >= 0.6 is 0 Å². The summed E-state index contributed by atoms with van der Waals surface area (Å²) in [7, 11) is 1.83. The SMILES string of the molecule is CNc1ncc2c(n1)-c1ccccc1C(c1ccccc1C)=NC2. The zero-order valence-corrected chi connectivity index (χ0v) is 13.7. The maximum Gasteiger partial charge on any atom is 0.222 e. The molecule has 0 fully saturated rings. The van der Waals surface area contributed by atoms with E-state index in [-0.39, 0.29) is 0 Å². The van der Waals surface area contributed by atoms with E-state index in [0.717, 1.165) is 28.1 Å². The summed E-state index contributed by atoms with van der Waals surface area (Å²) < 4.78 is 0. The third kappa shape index (κ3) is 2.36. The number of hydrogen-bond acceptors (Lipinski definition) is 4. The van der Waals surface area contributed by atoms with Crippen LogP contribution in [0.4, 0.5) is 5.95 Å². The van der Waals surface area contributed by atoms with Gasteiger partial charge in [0.15, 0.2) is 0 Å². The lowest BCUT2D eigenvalue weighted by Crippen LogP contribution is -2.06. The van der Waals surface area contributed by atoms with Crippen LogP contribution in [0.1, 0.15) is 22.3 Å². The van der Waals surface area contributed by atoms with Gasteiger partial charge < -0.3 is 5.32 Å². The summed E-state index contributed by atoms with van der Waals surface area (Å²) >= 11 is 0. The highest BCUT2D eigenvalue weighted by molar-refractivity contribution is 6.17. The molecule has 1 aromatic heterocycles. The maximum absolute atomic E-state index is 4.91. The van der Waals surface area contributed by atoms with Gasteiger partial charge in [0.1, 0.15) is 0 Å². The molecule has 4 heteroatoms. The van der Waals surface area contributed by atoms with Crippen molar-refractivity contribution in [3.63, 3.8) is 0 Å². The van der Waals surface area contributed by atoms with Gasteiger partial charge in [-0.2, -0.15) is 0 Å². The molecule has 0 amide bonds. The minimum absolute atomic E-state index is 0.581. The Morgan fingerprint density at radius 3 is 2.38 bits per heavy atom. The average molecular weight is 314 g/mol. The van der Waals surface area contributed by atoms with Crippen molar-refractivity contribution in [3.8, 4) is 11.3 Å². The number of nitrogens with zero attached hydrogens (tertiary/aromatic N) is 3. The minimum Gasteiger partial charge on any atom is -0.357 e. The molecule has 1 N–H and O–H groups in total. The lowest BCUT2D eigenvalue weighted by molar-refractivity contribution is 1.02. The summed E-state index contributed by atoms with van der Waals surface area (Å²) in [6, 6.07) is 16.7. The number of aryl methyl sites for hydroxylation is 1. The van der Waals surface area contributed by atoms with Crippen LogP contribution in [0.5, 0.6) is 0 Å². The van der Waals surface area contributed by atoms with Crippen LogP contribution in [0.2, 0.25) is 0 Å². The fraction of sp³-hybridized carbons (Fsp3) is 0.150. The summed E-state index contributed by atoms with van der Waals surface area (Å²) in [4.78, 5) is 13.9. The fourth-order valence-corrected chi connectivity index (χ4v) is 3.09. The molecule has 0 saturated heterocycles. The number of hydrogen-bond donors (Lipinski definition) is 1. The van der Waals surface area contributed by atoms with Crippen molar-refractivity contribution in [2.24, 2.45) is 4.99 Å². The molecular formula is C20H18N4. The number of benzene rings is 2. The second-order valence-corrected chi connectivity index (χ2v) is 5.84. The Labute approximate surface area is 141 Å². The van der Waals surface area contributed by atoms with Gasteiger partial charge in [-0.15, -0.1) is 0 Å². The Balaban J connectivity index is 1.97. The van der Waals surface area contributed by atoms with E-state index >= 15 is 0 Å². The van der Waals surface area contributed by atoms with Crippen molar-refractivity contribution in [2.45, 2.75) is 13.5 Å². The van der Waals surface area contributed by atoms with Crippen LogP contribution in [-0.4, -0.2) is 22.7 Å². The van der Waals surface area contributed by atoms with Gasteiger partial charge in [0.25, 0.3) is 0 Å². The summed E-state index contributed by atoms with van der Waals surface area (Å²) in [5.41, 5.74) is 7.63. The van der Waals surface area contributed by atoms with Gasteiger partial charge in [-0.1, -0.05) is 48.5 Å². The second kappa shape index (κ2) is 5.89. The van der Waals surface area contributed by atoms with Crippen LogP contribution in [0.15, 0.2) is 59.7 Å². The fourth-order valence-electron chi connectivity index (χ4n) is 3.09. The molecule has 2 aromatic carbocycles. The highest BCUT2D eigenvalue weighted by Crippen LogP contribution is 2.32. The highest BCUT2D eigenvalue weighted by Gasteiger charge is 2.21. The lowest BCUT2D eigenvalue weighted by Gasteiger charge is -2.12. The molecule has 0 radical (unpaired) electrons. The third-order valence-electron chi connectivity index (χ3n) is 4.33. The molecule has 0 aliphatic carbocycles. The van der Waals surface area contributed by atoms with Gasteiger partial charge in [-0.3, -0.25) is 4.99 Å². The number of aromatic nitrogens is 2. The highest BCUT2D eigenvalue weighted by atomic mass is 15.1. The third-order valence-corrected chi connectivity index (χ3v) is 4.33. The van der Waals surface area contributed by atoms with Crippen molar-refractivity contribution in [1.29, 1.82) is 0 Å². The van der Waals surface area contributed by atoms with Crippen LogP contribution in [0.3, 0.4) is 0 Å². The normalized spacial score (nSPS) is 12.7. The summed E-state index contributed by atoms with van der Waals surface area (Å²) in [6.07, 6.45) is 1.87.